The molecule has 4 rings (SSSR count). The largest absolute Gasteiger partial charge is 0.457 e. The fourth-order valence-corrected chi connectivity index (χ4v) is 3.74. The highest BCUT2D eigenvalue weighted by Crippen LogP contribution is 2.27. The smallest absolute Gasteiger partial charge is 0.342 e. The third kappa shape index (κ3) is 2.53. The molecule has 0 aliphatic carbocycles. The number of fused-ring (bicyclic) bond motifs is 2. The van der Waals surface area contributed by atoms with E-state index in [1.807, 2.05) is 29.6 Å². The molecule has 0 aliphatic heterocycles. The molecule has 3 heterocycles. The summed E-state index contributed by atoms with van der Waals surface area (Å²) in [5, 5.41) is 3.19. The molecule has 0 atom stereocenters. The number of carbonyl (C=O) groups excluding carboxylic acids is 1. The van der Waals surface area contributed by atoms with Crippen molar-refractivity contribution in [3.05, 3.63) is 63.2 Å². The molecular formula is C18H14N2O4S. The van der Waals surface area contributed by atoms with Gasteiger partial charge in [-0.05, 0) is 23.8 Å². The van der Waals surface area contributed by atoms with Crippen LogP contribution in [0.5, 0.6) is 0 Å². The van der Waals surface area contributed by atoms with E-state index in [1.165, 1.54) is 10.9 Å². The maximum Gasteiger partial charge on any atom is 0.342 e. The zero-order valence-electron chi connectivity index (χ0n) is 13.6. The second-order valence-corrected chi connectivity index (χ2v) is 6.62. The van der Waals surface area contributed by atoms with Gasteiger partial charge in [-0.2, -0.15) is 0 Å². The normalized spacial score (nSPS) is 11.3. The summed E-state index contributed by atoms with van der Waals surface area (Å²) in [4.78, 5) is 29.0. The molecule has 0 amide bonds. The minimum atomic E-state index is -0.586. The Morgan fingerprint density at radius 2 is 2.16 bits per heavy atom. The molecule has 0 unspecified atom stereocenters. The van der Waals surface area contributed by atoms with Gasteiger partial charge in [-0.1, -0.05) is 18.2 Å². The van der Waals surface area contributed by atoms with Crippen LogP contribution in [0.1, 0.15) is 21.7 Å². The first-order valence-corrected chi connectivity index (χ1v) is 8.51. The summed E-state index contributed by atoms with van der Waals surface area (Å²) in [5.41, 5.74) is 0.886. The zero-order valence-corrected chi connectivity index (χ0v) is 14.4. The standard InChI is InChI=1S/C18H14N2O4S/c1-10-14(15-16(24-10)19-9-20(2)17(15)21)18(22)23-7-11-8-25-13-6-4-3-5-12(11)13/h3-6,8-9H,7H2,1-2H3. The van der Waals surface area contributed by atoms with E-state index in [0.717, 1.165) is 15.6 Å². The van der Waals surface area contributed by atoms with Gasteiger partial charge in [0.05, 0.1) is 0 Å². The van der Waals surface area contributed by atoms with Crippen LogP contribution in [-0.2, 0) is 18.4 Å². The molecule has 0 fully saturated rings. The van der Waals surface area contributed by atoms with E-state index in [9.17, 15) is 9.59 Å². The second kappa shape index (κ2) is 5.86. The number of aryl methyl sites for hydroxylation is 2. The van der Waals surface area contributed by atoms with Gasteiger partial charge in [0.25, 0.3) is 5.56 Å². The Morgan fingerprint density at radius 1 is 1.36 bits per heavy atom. The summed E-state index contributed by atoms with van der Waals surface area (Å²) in [7, 11) is 1.57. The predicted molar refractivity (Wildman–Crippen MR) is 94.9 cm³/mol. The lowest BCUT2D eigenvalue weighted by Crippen LogP contribution is -2.19. The third-order valence-corrected chi connectivity index (χ3v) is 5.08. The van der Waals surface area contributed by atoms with Gasteiger partial charge in [-0.3, -0.25) is 4.79 Å². The molecule has 0 radical (unpaired) electrons. The molecule has 0 saturated heterocycles. The lowest BCUT2D eigenvalue weighted by molar-refractivity contribution is 0.0474. The molecule has 0 saturated carbocycles. The first-order chi connectivity index (χ1) is 12.1. The van der Waals surface area contributed by atoms with Crippen molar-refractivity contribution >= 4 is 38.5 Å². The molecule has 1 aromatic carbocycles. The molecule has 0 spiro atoms. The van der Waals surface area contributed by atoms with Crippen LogP contribution < -0.4 is 5.56 Å². The van der Waals surface area contributed by atoms with Gasteiger partial charge in [0.2, 0.25) is 5.71 Å². The van der Waals surface area contributed by atoms with E-state index < -0.39 is 5.97 Å². The zero-order chi connectivity index (χ0) is 17.6. The lowest BCUT2D eigenvalue weighted by Gasteiger charge is -2.04. The molecule has 0 bridgehead atoms. The van der Waals surface area contributed by atoms with Crippen molar-refractivity contribution in [1.29, 1.82) is 0 Å². The molecule has 6 nitrogen and oxygen atoms in total. The van der Waals surface area contributed by atoms with E-state index in [-0.39, 0.29) is 28.8 Å². The number of aromatic nitrogens is 2. The highest BCUT2D eigenvalue weighted by Gasteiger charge is 2.24. The Labute approximate surface area is 146 Å². The van der Waals surface area contributed by atoms with Gasteiger partial charge in [0.15, 0.2) is 0 Å². The minimum absolute atomic E-state index is 0.134. The quantitative estimate of drug-likeness (QED) is 0.527. The van der Waals surface area contributed by atoms with Gasteiger partial charge in [0.1, 0.15) is 29.6 Å². The highest BCUT2D eigenvalue weighted by molar-refractivity contribution is 7.17. The van der Waals surface area contributed by atoms with Gasteiger partial charge in [0, 0.05) is 17.3 Å². The van der Waals surface area contributed by atoms with Gasteiger partial charge < -0.3 is 13.7 Å². The number of ether oxygens (including phenoxy) is 1. The number of rotatable bonds is 3. The van der Waals surface area contributed by atoms with Crippen molar-refractivity contribution in [3.63, 3.8) is 0 Å². The van der Waals surface area contributed by atoms with E-state index in [1.54, 1.807) is 25.3 Å². The fraction of sp³-hybridized carbons (Fsp3) is 0.167. The van der Waals surface area contributed by atoms with E-state index in [2.05, 4.69) is 4.98 Å². The van der Waals surface area contributed by atoms with Gasteiger partial charge in [-0.15, -0.1) is 11.3 Å². The number of esters is 1. The molecule has 4 aromatic rings. The summed E-state index contributed by atoms with van der Waals surface area (Å²) < 4.78 is 13.3. The monoisotopic (exact) mass is 354 g/mol. The van der Waals surface area contributed by atoms with Crippen LogP contribution in [-0.4, -0.2) is 15.5 Å². The average molecular weight is 354 g/mol. The minimum Gasteiger partial charge on any atom is -0.457 e. The number of hydrogen-bond acceptors (Lipinski definition) is 6. The summed E-state index contributed by atoms with van der Waals surface area (Å²) >= 11 is 1.60. The van der Waals surface area contributed by atoms with Crippen LogP contribution >= 0.6 is 11.3 Å². The van der Waals surface area contributed by atoms with E-state index in [0.29, 0.717) is 5.76 Å². The molecular weight excluding hydrogens is 340 g/mol. The van der Waals surface area contributed by atoms with Gasteiger partial charge in [-0.25, -0.2) is 9.78 Å². The molecule has 0 aliphatic rings. The van der Waals surface area contributed by atoms with Crippen LogP contribution in [0.15, 0.2) is 45.2 Å². The van der Waals surface area contributed by atoms with Crippen LogP contribution in [0, 0.1) is 6.92 Å². The summed E-state index contributed by atoms with van der Waals surface area (Å²) in [6.45, 7) is 1.76. The maximum atomic E-state index is 12.6. The van der Waals surface area contributed by atoms with Crippen LogP contribution in [0.2, 0.25) is 0 Å². The number of benzene rings is 1. The molecule has 7 heteroatoms. The Hall–Kier alpha value is -2.93. The van der Waals surface area contributed by atoms with E-state index in [4.69, 9.17) is 9.15 Å². The number of hydrogen-bond donors (Lipinski definition) is 0. The Morgan fingerprint density at radius 3 is 3.00 bits per heavy atom. The number of carbonyl (C=O) groups is 1. The molecule has 25 heavy (non-hydrogen) atoms. The first-order valence-electron chi connectivity index (χ1n) is 7.63. The van der Waals surface area contributed by atoms with Crippen molar-refractivity contribution in [2.75, 3.05) is 0 Å². The van der Waals surface area contributed by atoms with Crippen molar-refractivity contribution in [1.82, 2.24) is 9.55 Å². The van der Waals surface area contributed by atoms with Crippen LogP contribution in [0.4, 0.5) is 0 Å². The summed E-state index contributed by atoms with van der Waals surface area (Å²) in [6.07, 6.45) is 1.36. The Kier molecular flexibility index (Phi) is 3.65. The summed E-state index contributed by atoms with van der Waals surface area (Å²) in [5.74, 6) is -0.261. The number of furan rings is 1. The Balaban J connectivity index is 1.68. The molecule has 3 aromatic heterocycles. The van der Waals surface area contributed by atoms with Crippen molar-refractivity contribution < 1.29 is 13.9 Å². The Bertz CT molecular complexity index is 1170. The number of nitrogens with zero attached hydrogens (tertiary/aromatic N) is 2. The fourth-order valence-electron chi connectivity index (χ4n) is 2.79. The summed E-state index contributed by atoms with van der Waals surface area (Å²) in [6, 6.07) is 7.93. The molecule has 0 N–H and O–H groups in total. The van der Waals surface area contributed by atoms with Crippen LogP contribution in [0.3, 0.4) is 0 Å². The molecule has 126 valence electrons. The van der Waals surface area contributed by atoms with Crippen molar-refractivity contribution in [3.8, 4) is 0 Å². The number of thiophene rings is 1. The van der Waals surface area contributed by atoms with Gasteiger partial charge >= 0.3 is 5.97 Å². The average Bonchev–Trinajstić information content (AvgIpc) is 3.17. The SMILES string of the molecule is Cc1oc2ncn(C)c(=O)c2c1C(=O)OCc1csc2ccccc12. The maximum absolute atomic E-state index is 12.6. The second-order valence-electron chi connectivity index (χ2n) is 5.71. The van der Waals surface area contributed by atoms with Crippen molar-refractivity contribution in [2.24, 2.45) is 7.05 Å². The topological polar surface area (TPSA) is 74.3 Å². The van der Waals surface area contributed by atoms with Crippen molar-refractivity contribution in [2.45, 2.75) is 13.5 Å². The third-order valence-electron chi connectivity index (χ3n) is 4.07. The predicted octanol–water partition coefficient (Wildman–Crippen LogP) is 3.41. The first kappa shape index (κ1) is 15.6. The van der Waals surface area contributed by atoms with Crippen LogP contribution in [0.25, 0.3) is 21.2 Å². The lowest BCUT2D eigenvalue weighted by atomic mass is 10.2. The highest BCUT2D eigenvalue weighted by atomic mass is 32.1. The van der Waals surface area contributed by atoms with E-state index >= 15 is 0 Å².